The Morgan fingerprint density at radius 3 is 2.50 bits per heavy atom. The van der Waals surface area contributed by atoms with Crippen molar-refractivity contribution >= 4 is 5.97 Å². The molecule has 0 rings (SSSR count). The molecule has 0 atom stereocenters. The Labute approximate surface area is 84.6 Å². The molecular weight excluding hydrogens is 186 g/mol. The summed E-state index contributed by atoms with van der Waals surface area (Å²) in [6, 6.07) is 0. The number of hydrogen-bond donors (Lipinski definition) is 1. The Bertz CT molecular complexity index is 152. The number of aliphatic carboxylic acids is 1. The Balaban J connectivity index is 3.66. The fourth-order valence-electron chi connectivity index (χ4n) is 1.02. The second-order valence-corrected chi connectivity index (χ2v) is 2.86. The Morgan fingerprint density at radius 1 is 1.36 bits per heavy atom. The van der Waals surface area contributed by atoms with Crippen LogP contribution in [0, 0.1) is 0 Å². The number of carboxylic acids is 1. The van der Waals surface area contributed by atoms with Gasteiger partial charge in [-0.25, -0.2) is 0 Å². The maximum absolute atomic E-state index is 10.5. The summed E-state index contributed by atoms with van der Waals surface area (Å²) >= 11 is 0. The minimum Gasteiger partial charge on any atom is -0.480 e. The van der Waals surface area contributed by atoms with Crippen molar-refractivity contribution in [3.8, 4) is 0 Å². The Morgan fingerprint density at radius 2 is 2.00 bits per heavy atom. The molecule has 0 spiro atoms. The highest BCUT2D eigenvalue weighted by atomic mass is 16.5. The number of carbonyl (C=O) groups is 1. The lowest BCUT2D eigenvalue weighted by Gasteiger charge is -2.19. The lowest BCUT2D eigenvalue weighted by molar-refractivity contribution is -0.138. The number of hydrogen-bond acceptors (Lipinski definition) is 4. The zero-order valence-electron chi connectivity index (χ0n) is 8.86. The lowest BCUT2D eigenvalue weighted by Crippen LogP contribution is -2.35. The van der Waals surface area contributed by atoms with E-state index in [-0.39, 0.29) is 6.54 Å². The van der Waals surface area contributed by atoms with Crippen LogP contribution in [0.15, 0.2) is 0 Å². The van der Waals surface area contributed by atoms with Gasteiger partial charge in [0, 0.05) is 26.8 Å². The number of carboxylic acid groups (broad SMARTS) is 1. The van der Waals surface area contributed by atoms with Crippen LogP contribution in [-0.2, 0) is 14.3 Å². The molecule has 14 heavy (non-hydrogen) atoms. The first kappa shape index (κ1) is 13.4. The second-order valence-electron chi connectivity index (χ2n) is 2.86. The monoisotopic (exact) mass is 205 g/mol. The van der Waals surface area contributed by atoms with Gasteiger partial charge >= 0.3 is 5.97 Å². The van der Waals surface area contributed by atoms with Gasteiger partial charge in [0.25, 0.3) is 0 Å². The summed E-state index contributed by atoms with van der Waals surface area (Å²) in [5.41, 5.74) is 0. The van der Waals surface area contributed by atoms with Crippen molar-refractivity contribution in [3.63, 3.8) is 0 Å². The Kier molecular flexibility index (Phi) is 8.51. The summed E-state index contributed by atoms with van der Waals surface area (Å²) in [4.78, 5) is 12.3. The van der Waals surface area contributed by atoms with E-state index in [0.29, 0.717) is 32.9 Å². The van der Waals surface area contributed by atoms with Crippen molar-refractivity contribution in [2.45, 2.75) is 6.92 Å². The van der Waals surface area contributed by atoms with Crippen molar-refractivity contribution in [2.24, 2.45) is 0 Å². The molecule has 84 valence electrons. The first-order valence-corrected chi connectivity index (χ1v) is 4.71. The lowest BCUT2D eigenvalue weighted by atomic mass is 10.4. The summed E-state index contributed by atoms with van der Waals surface area (Å²) in [5.74, 6) is -0.822. The standard InChI is InChI=1S/C9H19NO4/c1-3-14-7-5-10(4-6-13-2)8-9(11)12/h3-8H2,1-2H3,(H,11,12). The van der Waals surface area contributed by atoms with Gasteiger partial charge in [-0.2, -0.15) is 0 Å². The highest BCUT2D eigenvalue weighted by Gasteiger charge is 2.08. The van der Waals surface area contributed by atoms with E-state index in [2.05, 4.69) is 0 Å². The normalized spacial score (nSPS) is 10.8. The van der Waals surface area contributed by atoms with Crippen molar-refractivity contribution < 1.29 is 19.4 Å². The molecule has 0 bridgehead atoms. The molecule has 0 aromatic heterocycles. The highest BCUT2D eigenvalue weighted by molar-refractivity contribution is 5.69. The van der Waals surface area contributed by atoms with Crippen LogP contribution in [0.25, 0.3) is 0 Å². The molecule has 0 saturated carbocycles. The highest BCUT2D eigenvalue weighted by Crippen LogP contribution is 1.89. The number of ether oxygens (including phenoxy) is 2. The van der Waals surface area contributed by atoms with Crippen LogP contribution in [0.2, 0.25) is 0 Å². The van der Waals surface area contributed by atoms with Gasteiger partial charge in [0.2, 0.25) is 0 Å². The molecule has 0 aliphatic carbocycles. The fourth-order valence-corrected chi connectivity index (χ4v) is 1.02. The van der Waals surface area contributed by atoms with Crippen molar-refractivity contribution in [2.75, 3.05) is 46.6 Å². The molecule has 5 heteroatoms. The minimum absolute atomic E-state index is 0.0381. The van der Waals surface area contributed by atoms with E-state index >= 15 is 0 Å². The van der Waals surface area contributed by atoms with Gasteiger partial charge < -0.3 is 14.6 Å². The van der Waals surface area contributed by atoms with E-state index in [1.807, 2.05) is 6.92 Å². The number of methoxy groups -OCH3 is 1. The van der Waals surface area contributed by atoms with Gasteiger partial charge in [-0.15, -0.1) is 0 Å². The largest absolute Gasteiger partial charge is 0.480 e. The summed E-state index contributed by atoms with van der Waals surface area (Å²) in [6.45, 7) is 4.96. The van der Waals surface area contributed by atoms with Crippen LogP contribution in [0.1, 0.15) is 6.92 Å². The number of nitrogens with zero attached hydrogens (tertiary/aromatic N) is 1. The van der Waals surface area contributed by atoms with Crippen molar-refractivity contribution in [1.29, 1.82) is 0 Å². The first-order chi connectivity index (χ1) is 6.70. The molecule has 0 aliphatic heterocycles. The fraction of sp³-hybridized carbons (Fsp3) is 0.889. The molecule has 0 saturated heterocycles. The minimum atomic E-state index is -0.822. The van der Waals surface area contributed by atoms with E-state index in [1.54, 1.807) is 12.0 Å². The van der Waals surface area contributed by atoms with Crippen LogP contribution in [0.4, 0.5) is 0 Å². The molecule has 0 aromatic carbocycles. The van der Waals surface area contributed by atoms with Crippen molar-refractivity contribution in [3.05, 3.63) is 0 Å². The predicted octanol–water partition coefficient (Wildman–Crippen LogP) is 0.0559. The van der Waals surface area contributed by atoms with E-state index in [1.165, 1.54) is 0 Å². The van der Waals surface area contributed by atoms with Crippen LogP contribution in [0.5, 0.6) is 0 Å². The third-order valence-corrected chi connectivity index (χ3v) is 1.73. The maximum Gasteiger partial charge on any atom is 0.317 e. The average Bonchev–Trinajstić information content (AvgIpc) is 2.13. The zero-order chi connectivity index (χ0) is 10.8. The van der Waals surface area contributed by atoms with Crippen LogP contribution < -0.4 is 0 Å². The summed E-state index contributed by atoms with van der Waals surface area (Å²) in [7, 11) is 1.60. The molecule has 0 aliphatic rings. The summed E-state index contributed by atoms with van der Waals surface area (Å²) in [6.07, 6.45) is 0. The van der Waals surface area contributed by atoms with Gasteiger partial charge in [-0.3, -0.25) is 9.69 Å². The van der Waals surface area contributed by atoms with Gasteiger partial charge in [-0.1, -0.05) is 0 Å². The zero-order valence-corrected chi connectivity index (χ0v) is 8.86. The molecule has 0 aromatic rings. The SMILES string of the molecule is CCOCCN(CCOC)CC(=O)O. The van der Waals surface area contributed by atoms with E-state index in [4.69, 9.17) is 14.6 Å². The van der Waals surface area contributed by atoms with Crippen LogP contribution >= 0.6 is 0 Å². The molecule has 0 fully saturated rings. The van der Waals surface area contributed by atoms with Gasteiger partial charge in [-0.05, 0) is 6.92 Å². The van der Waals surface area contributed by atoms with E-state index in [0.717, 1.165) is 0 Å². The summed E-state index contributed by atoms with van der Waals surface area (Å²) in [5, 5.41) is 8.62. The second kappa shape index (κ2) is 8.93. The topological polar surface area (TPSA) is 59.0 Å². The predicted molar refractivity (Wildman–Crippen MR) is 52.4 cm³/mol. The van der Waals surface area contributed by atoms with Gasteiger partial charge in [0.1, 0.15) is 0 Å². The molecule has 0 heterocycles. The molecule has 0 radical (unpaired) electrons. The van der Waals surface area contributed by atoms with Crippen molar-refractivity contribution in [1.82, 2.24) is 4.90 Å². The quantitative estimate of drug-likeness (QED) is 0.539. The van der Waals surface area contributed by atoms with Gasteiger partial charge in [0.05, 0.1) is 19.8 Å². The number of rotatable bonds is 9. The maximum atomic E-state index is 10.5. The molecule has 5 nitrogen and oxygen atoms in total. The van der Waals surface area contributed by atoms with E-state index in [9.17, 15) is 4.79 Å². The first-order valence-electron chi connectivity index (χ1n) is 4.71. The molecule has 0 unspecified atom stereocenters. The van der Waals surface area contributed by atoms with E-state index < -0.39 is 5.97 Å². The van der Waals surface area contributed by atoms with Crippen LogP contribution in [0.3, 0.4) is 0 Å². The Hall–Kier alpha value is -0.650. The third kappa shape index (κ3) is 7.97. The molecule has 1 N–H and O–H groups in total. The van der Waals surface area contributed by atoms with Crippen LogP contribution in [-0.4, -0.2) is 62.5 Å². The smallest absolute Gasteiger partial charge is 0.317 e. The molecular formula is C9H19NO4. The van der Waals surface area contributed by atoms with Gasteiger partial charge in [0.15, 0.2) is 0 Å². The third-order valence-electron chi connectivity index (χ3n) is 1.73. The average molecular weight is 205 g/mol. The summed E-state index contributed by atoms with van der Waals surface area (Å²) < 4.78 is 10.0. The molecule has 0 amide bonds.